The van der Waals surface area contributed by atoms with Crippen molar-refractivity contribution in [1.82, 2.24) is 10.0 Å². The van der Waals surface area contributed by atoms with Gasteiger partial charge in [0.2, 0.25) is 10.0 Å². The zero-order valence-electron chi connectivity index (χ0n) is 12.4. The smallest absolute Gasteiger partial charge is 0.211 e. The maximum atomic E-state index is 11.5. The SMILES string of the molecule is CCS(=O)(=O)NCC(C)NC1(c2ccc(C)cc2)CC1. The second-order valence-electron chi connectivity index (χ2n) is 5.75. The molecule has 0 heterocycles. The molecular weight excluding hydrogens is 272 g/mol. The normalized spacial score (nSPS) is 18.8. The van der Waals surface area contributed by atoms with Crippen LogP contribution in [0.5, 0.6) is 0 Å². The van der Waals surface area contributed by atoms with E-state index in [0.29, 0.717) is 6.54 Å². The molecule has 1 aromatic carbocycles. The first kappa shape index (κ1) is 15.5. The lowest BCUT2D eigenvalue weighted by Crippen LogP contribution is -2.44. The molecule has 0 bridgehead atoms. The molecule has 1 saturated carbocycles. The summed E-state index contributed by atoms with van der Waals surface area (Å²) in [6, 6.07) is 8.69. The van der Waals surface area contributed by atoms with E-state index in [1.807, 2.05) is 6.92 Å². The number of aryl methyl sites for hydroxylation is 1. The van der Waals surface area contributed by atoms with Gasteiger partial charge in [0.25, 0.3) is 0 Å². The first-order valence-electron chi connectivity index (χ1n) is 7.19. The van der Waals surface area contributed by atoms with E-state index in [0.717, 1.165) is 12.8 Å². The van der Waals surface area contributed by atoms with Crippen LogP contribution < -0.4 is 10.0 Å². The Balaban J connectivity index is 1.94. The molecular formula is C15H24N2O2S. The van der Waals surface area contributed by atoms with E-state index in [9.17, 15) is 8.42 Å². The van der Waals surface area contributed by atoms with Crippen molar-refractivity contribution < 1.29 is 8.42 Å². The van der Waals surface area contributed by atoms with E-state index < -0.39 is 10.0 Å². The number of hydrogen-bond donors (Lipinski definition) is 2. The van der Waals surface area contributed by atoms with E-state index >= 15 is 0 Å². The predicted octanol–water partition coefficient (Wildman–Crippen LogP) is 1.90. The second-order valence-corrected chi connectivity index (χ2v) is 7.84. The fraction of sp³-hybridized carbons (Fsp3) is 0.600. The van der Waals surface area contributed by atoms with Gasteiger partial charge >= 0.3 is 0 Å². The third kappa shape index (κ3) is 3.81. The molecule has 2 N–H and O–H groups in total. The summed E-state index contributed by atoms with van der Waals surface area (Å²) in [7, 11) is -3.11. The van der Waals surface area contributed by atoms with Gasteiger partial charge in [-0.3, -0.25) is 0 Å². The van der Waals surface area contributed by atoms with Crippen LogP contribution in [0, 0.1) is 6.92 Å². The van der Waals surface area contributed by atoms with Crippen LogP contribution in [0.15, 0.2) is 24.3 Å². The van der Waals surface area contributed by atoms with Crippen molar-refractivity contribution in [1.29, 1.82) is 0 Å². The average molecular weight is 296 g/mol. The summed E-state index contributed by atoms with van der Waals surface area (Å²) in [4.78, 5) is 0. The molecule has 112 valence electrons. The molecule has 0 spiro atoms. The summed E-state index contributed by atoms with van der Waals surface area (Å²) >= 11 is 0. The summed E-state index contributed by atoms with van der Waals surface area (Å²) in [6.45, 7) is 6.18. The topological polar surface area (TPSA) is 58.2 Å². The van der Waals surface area contributed by atoms with Crippen LogP contribution in [-0.4, -0.2) is 26.8 Å². The van der Waals surface area contributed by atoms with Gasteiger partial charge < -0.3 is 5.32 Å². The van der Waals surface area contributed by atoms with E-state index in [1.165, 1.54) is 11.1 Å². The molecule has 0 radical (unpaired) electrons. The number of sulfonamides is 1. The van der Waals surface area contributed by atoms with Gasteiger partial charge in [0.15, 0.2) is 0 Å². The summed E-state index contributed by atoms with van der Waals surface area (Å²) in [5.41, 5.74) is 2.60. The van der Waals surface area contributed by atoms with Gasteiger partial charge in [-0.2, -0.15) is 0 Å². The molecule has 1 unspecified atom stereocenters. The van der Waals surface area contributed by atoms with Crippen molar-refractivity contribution in [3.8, 4) is 0 Å². The molecule has 4 nitrogen and oxygen atoms in total. The van der Waals surface area contributed by atoms with E-state index in [2.05, 4.69) is 41.2 Å². The molecule has 1 aliphatic carbocycles. The van der Waals surface area contributed by atoms with Crippen LogP contribution in [0.4, 0.5) is 0 Å². The summed E-state index contributed by atoms with van der Waals surface area (Å²) in [5.74, 6) is 0.128. The third-order valence-electron chi connectivity index (χ3n) is 3.87. The Kier molecular flexibility index (Phi) is 4.52. The lowest BCUT2D eigenvalue weighted by Gasteiger charge is -2.23. The van der Waals surface area contributed by atoms with Crippen molar-refractivity contribution in [3.63, 3.8) is 0 Å². The number of rotatable bonds is 7. The van der Waals surface area contributed by atoms with Gasteiger partial charge in [0.1, 0.15) is 0 Å². The molecule has 1 fully saturated rings. The van der Waals surface area contributed by atoms with Gasteiger partial charge in [-0.25, -0.2) is 13.1 Å². The molecule has 0 aliphatic heterocycles. The minimum absolute atomic E-state index is 0.0464. The Morgan fingerprint density at radius 2 is 1.85 bits per heavy atom. The van der Waals surface area contributed by atoms with Gasteiger partial charge in [-0.1, -0.05) is 29.8 Å². The van der Waals surface area contributed by atoms with Crippen molar-refractivity contribution in [2.45, 2.75) is 45.2 Å². The Labute approximate surface area is 122 Å². The van der Waals surface area contributed by atoms with Crippen molar-refractivity contribution in [2.24, 2.45) is 0 Å². The highest BCUT2D eigenvalue weighted by Gasteiger charge is 2.44. The van der Waals surface area contributed by atoms with Gasteiger partial charge in [-0.15, -0.1) is 0 Å². The number of nitrogens with one attached hydrogen (secondary N) is 2. The highest BCUT2D eigenvalue weighted by atomic mass is 32.2. The fourth-order valence-electron chi connectivity index (χ4n) is 2.39. The van der Waals surface area contributed by atoms with Crippen LogP contribution in [0.3, 0.4) is 0 Å². The highest BCUT2D eigenvalue weighted by molar-refractivity contribution is 7.89. The lowest BCUT2D eigenvalue weighted by molar-refractivity contribution is 0.434. The third-order valence-corrected chi connectivity index (χ3v) is 5.23. The maximum Gasteiger partial charge on any atom is 0.211 e. The predicted molar refractivity (Wildman–Crippen MR) is 82.2 cm³/mol. The van der Waals surface area contributed by atoms with Crippen LogP contribution in [-0.2, 0) is 15.6 Å². The fourth-order valence-corrected chi connectivity index (χ4v) is 3.10. The minimum Gasteiger partial charge on any atom is -0.304 e. The molecule has 0 saturated heterocycles. The molecule has 0 aromatic heterocycles. The van der Waals surface area contributed by atoms with Crippen LogP contribution >= 0.6 is 0 Å². The maximum absolute atomic E-state index is 11.5. The summed E-state index contributed by atoms with van der Waals surface area (Å²) in [5, 5.41) is 3.57. The zero-order chi connectivity index (χ0) is 14.8. The van der Waals surface area contributed by atoms with Crippen LogP contribution in [0.2, 0.25) is 0 Å². The monoisotopic (exact) mass is 296 g/mol. The first-order chi connectivity index (χ1) is 9.37. The largest absolute Gasteiger partial charge is 0.304 e. The van der Waals surface area contributed by atoms with Crippen molar-refractivity contribution >= 4 is 10.0 Å². The second kappa shape index (κ2) is 5.84. The lowest BCUT2D eigenvalue weighted by atomic mass is 10.0. The standard InChI is InChI=1S/C15H24N2O2S/c1-4-20(18,19)16-11-13(3)17-15(9-10-15)14-7-5-12(2)6-8-14/h5-8,13,16-17H,4,9-11H2,1-3H3. The molecule has 1 atom stereocenters. The molecule has 1 aromatic rings. The quantitative estimate of drug-likeness (QED) is 0.808. The minimum atomic E-state index is -3.11. The Morgan fingerprint density at radius 1 is 1.25 bits per heavy atom. The van der Waals surface area contributed by atoms with Crippen LogP contribution in [0.25, 0.3) is 0 Å². The first-order valence-corrected chi connectivity index (χ1v) is 8.84. The molecule has 2 rings (SSSR count). The average Bonchev–Trinajstić information content (AvgIpc) is 3.18. The van der Waals surface area contributed by atoms with E-state index in [4.69, 9.17) is 0 Å². The Hall–Kier alpha value is -0.910. The highest BCUT2D eigenvalue weighted by Crippen LogP contribution is 2.45. The van der Waals surface area contributed by atoms with Crippen molar-refractivity contribution in [2.75, 3.05) is 12.3 Å². The molecule has 1 aliphatic rings. The van der Waals surface area contributed by atoms with Crippen LogP contribution in [0.1, 0.15) is 37.8 Å². The molecule has 5 heteroatoms. The number of benzene rings is 1. The summed E-state index contributed by atoms with van der Waals surface area (Å²) in [6.07, 6.45) is 2.22. The van der Waals surface area contributed by atoms with Gasteiger partial charge in [-0.05, 0) is 39.2 Å². The van der Waals surface area contributed by atoms with Crippen molar-refractivity contribution in [3.05, 3.63) is 35.4 Å². The van der Waals surface area contributed by atoms with Gasteiger partial charge in [0.05, 0.1) is 5.75 Å². The van der Waals surface area contributed by atoms with E-state index in [1.54, 1.807) is 6.92 Å². The number of hydrogen-bond acceptors (Lipinski definition) is 3. The Bertz CT molecular complexity index is 548. The van der Waals surface area contributed by atoms with E-state index in [-0.39, 0.29) is 17.3 Å². The Morgan fingerprint density at radius 3 is 2.35 bits per heavy atom. The van der Waals surface area contributed by atoms with Gasteiger partial charge in [0, 0.05) is 18.1 Å². The summed E-state index contributed by atoms with van der Waals surface area (Å²) < 4.78 is 25.5. The molecule has 20 heavy (non-hydrogen) atoms. The zero-order valence-corrected chi connectivity index (χ0v) is 13.3. The molecule has 0 amide bonds.